The predicted octanol–water partition coefficient (Wildman–Crippen LogP) is 0.932. The number of amides is 1. The van der Waals surface area contributed by atoms with Gasteiger partial charge in [-0.15, -0.1) is 11.3 Å². The number of fused-ring (bicyclic) bond motifs is 1. The largest absolute Gasteiger partial charge is 0.347 e. The number of sulfonamides is 1. The monoisotopic (exact) mass is 435 g/mol. The molecular formula is C18H21N5O4S2. The van der Waals surface area contributed by atoms with Gasteiger partial charge in [0.25, 0.3) is 11.5 Å². The zero-order valence-electron chi connectivity index (χ0n) is 16.1. The first-order chi connectivity index (χ1) is 13.6. The maximum atomic E-state index is 12.6. The van der Waals surface area contributed by atoms with Crippen LogP contribution in [0.15, 0.2) is 34.0 Å². The summed E-state index contributed by atoms with van der Waals surface area (Å²) < 4.78 is 22.6. The van der Waals surface area contributed by atoms with E-state index in [1.165, 1.54) is 23.5 Å². The number of primary sulfonamides is 1. The predicted molar refractivity (Wildman–Crippen MR) is 111 cm³/mol. The van der Waals surface area contributed by atoms with Gasteiger partial charge in [0.1, 0.15) is 10.7 Å². The second-order valence-corrected chi connectivity index (χ2v) is 9.42. The minimum absolute atomic E-state index is 0.00625. The van der Waals surface area contributed by atoms with E-state index in [4.69, 9.17) is 5.14 Å². The van der Waals surface area contributed by atoms with Crippen molar-refractivity contribution < 1.29 is 13.2 Å². The number of nitrogens with zero attached hydrogens (tertiary/aromatic N) is 2. The number of nitrogens with one attached hydrogen (secondary N) is 2. The zero-order chi connectivity index (χ0) is 21.3. The first-order valence-corrected chi connectivity index (χ1v) is 11.0. The third kappa shape index (κ3) is 4.70. The third-order valence-electron chi connectivity index (χ3n) is 4.23. The van der Waals surface area contributed by atoms with E-state index in [0.29, 0.717) is 38.6 Å². The number of aromatic nitrogens is 2. The molecule has 2 heterocycles. The third-order valence-corrected chi connectivity index (χ3v) is 6.34. The quantitative estimate of drug-likeness (QED) is 0.527. The van der Waals surface area contributed by atoms with Crippen LogP contribution in [0.5, 0.6) is 0 Å². The summed E-state index contributed by atoms with van der Waals surface area (Å²) in [6.45, 7) is 2.41. The molecule has 0 fully saturated rings. The van der Waals surface area contributed by atoms with Crippen molar-refractivity contribution in [2.24, 2.45) is 5.14 Å². The van der Waals surface area contributed by atoms with Crippen molar-refractivity contribution >= 4 is 37.5 Å². The van der Waals surface area contributed by atoms with Gasteiger partial charge in [-0.1, -0.05) is 12.1 Å². The lowest BCUT2D eigenvalue weighted by atomic mass is 10.2. The van der Waals surface area contributed by atoms with Gasteiger partial charge < -0.3 is 15.2 Å². The lowest BCUT2D eigenvalue weighted by Gasteiger charge is -2.07. The van der Waals surface area contributed by atoms with Crippen LogP contribution in [0.4, 0.5) is 0 Å². The van der Waals surface area contributed by atoms with Gasteiger partial charge in [-0.3, -0.25) is 9.59 Å². The Labute approximate surface area is 171 Å². The van der Waals surface area contributed by atoms with Crippen molar-refractivity contribution in [1.29, 1.82) is 0 Å². The van der Waals surface area contributed by atoms with E-state index in [2.05, 4.69) is 15.3 Å². The van der Waals surface area contributed by atoms with E-state index in [1.807, 2.05) is 19.0 Å². The molecule has 9 nitrogen and oxygen atoms in total. The Morgan fingerprint density at radius 1 is 1.28 bits per heavy atom. The summed E-state index contributed by atoms with van der Waals surface area (Å²) in [7, 11) is -0.0114. The smallest absolute Gasteiger partial charge is 0.261 e. The number of thiophene rings is 1. The highest BCUT2D eigenvalue weighted by molar-refractivity contribution is 7.89. The lowest BCUT2D eigenvalue weighted by Crippen LogP contribution is -2.22. The first kappa shape index (κ1) is 21.1. The molecule has 0 unspecified atom stereocenters. The summed E-state index contributed by atoms with van der Waals surface area (Å²) in [4.78, 5) is 35.1. The molecule has 0 radical (unpaired) electrons. The molecule has 1 amide bonds. The fourth-order valence-corrected chi connectivity index (χ4v) is 4.47. The Morgan fingerprint density at radius 3 is 2.52 bits per heavy atom. The lowest BCUT2D eigenvalue weighted by molar-refractivity contribution is 0.0954. The molecule has 0 saturated heterocycles. The minimum Gasteiger partial charge on any atom is -0.347 e. The number of carbonyl (C=O) groups excluding carboxylic acids is 1. The SMILES string of the molecule is Cc1c(C(=O)NCc2ccc(S(N)(=O)=O)cc2)sc2nc(CN(C)C)[nH]c(=O)c12. The van der Waals surface area contributed by atoms with Crippen LogP contribution in [0, 0.1) is 6.92 Å². The fraction of sp³-hybridized carbons (Fsp3) is 0.278. The second kappa shape index (κ2) is 8.03. The second-order valence-electron chi connectivity index (χ2n) is 6.86. The molecule has 3 rings (SSSR count). The molecule has 11 heteroatoms. The first-order valence-electron chi connectivity index (χ1n) is 8.63. The van der Waals surface area contributed by atoms with Gasteiger partial charge in [-0.25, -0.2) is 18.5 Å². The summed E-state index contributed by atoms with van der Waals surface area (Å²) in [6.07, 6.45) is 0. The number of carbonyl (C=O) groups is 1. The molecule has 3 aromatic rings. The summed E-state index contributed by atoms with van der Waals surface area (Å²) in [5, 5.41) is 8.28. The Morgan fingerprint density at radius 2 is 1.93 bits per heavy atom. The van der Waals surface area contributed by atoms with Crippen LogP contribution in [0.3, 0.4) is 0 Å². The van der Waals surface area contributed by atoms with Crippen molar-refractivity contribution in [2.75, 3.05) is 14.1 Å². The summed E-state index contributed by atoms with van der Waals surface area (Å²) in [6, 6.07) is 5.93. The highest BCUT2D eigenvalue weighted by Gasteiger charge is 2.19. The summed E-state index contributed by atoms with van der Waals surface area (Å²) >= 11 is 1.17. The molecule has 0 saturated carbocycles. The average molecular weight is 436 g/mol. The van der Waals surface area contributed by atoms with Crippen LogP contribution in [0.1, 0.15) is 26.6 Å². The van der Waals surface area contributed by atoms with E-state index in [1.54, 1.807) is 19.1 Å². The van der Waals surface area contributed by atoms with Gasteiger partial charge in [0.05, 0.1) is 21.7 Å². The van der Waals surface area contributed by atoms with Crippen molar-refractivity contribution in [1.82, 2.24) is 20.2 Å². The average Bonchev–Trinajstić information content (AvgIpc) is 2.95. The van der Waals surface area contributed by atoms with Gasteiger partial charge in [-0.05, 0) is 44.3 Å². The number of aryl methyl sites for hydroxylation is 1. The topological polar surface area (TPSA) is 138 Å². The van der Waals surface area contributed by atoms with Crippen molar-refractivity contribution in [3.63, 3.8) is 0 Å². The van der Waals surface area contributed by atoms with Gasteiger partial charge in [0.15, 0.2) is 0 Å². The molecule has 154 valence electrons. The fourth-order valence-electron chi connectivity index (χ4n) is 2.84. The van der Waals surface area contributed by atoms with Gasteiger partial charge in [0.2, 0.25) is 10.0 Å². The van der Waals surface area contributed by atoms with E-state index in [-0.39, 0.29) is 22.9 Å². The number of H-pyrrole nitrogens is 1. The van der Waals surface area contributed by atoms with E-state index in [0.717, 1.165) is 0 Å². The van der Waals surface area contributed by atoms with Crippen LogP contribution in [0.2, 0.25) is 0 Å². The standard InChI is InChI=1S/C18H21N5O4S2/c1-10-14-16(24)21-13(9-23(2)3)22-18(14)28-15(10)17(25)20-8-11-4-6-12(7-5-11)29(19,26)27/h4-7H,8-9H2,1-3H3,(H,20,25)(H2,19,26,27)(H,21,22,24). The number of rotatable bonds is 6. The highest BCUT2D eigenvalue weighted by atomic mass is 32.2. The number of aromatic amines is 1. The molecule has 1 aromatic carbocycles. The Bertz CT molecular complexity index is 1230. The van der Waals surface area contributed by atoms with Crippen LogP contribution < -0.4 is 16.0 Å². The van der Waals surface area contributed by atoms with E-state index in [9.17, 15) is 18.0 Å². The Kier molecular flexibility index (Phi) is 5.85. The summed E-state index contributed by atoms with van der Waals surface area (Å²) in [5.41, 5.74) is 1.03. The zero-order valence-corrected chi connectivity index (χ0v) is 17.8. The molecule has 29 heavy (non-hydrogen) atoms. The summed E-state index contributed by atoms with van der Waals surface area (Å²) in [5.74, 6) is 0.213. The molecule has 0 bridgehead atoms. The normalized spacial score (nSPS) is 11.9. The maximum absolute atomic E-state index is 12.6. The molecular weight excluding hydrogens is 414 g/mol. The van der Waals surface area contributed by atoms with Gasteiger partial charge in [0, 0.05) is 6.54 Å². The minimum atomic E-state index is -3.76. The van der Waals surface area contributed by atoms with Crippen LogP contribution in [-0.4, -0.2) is 43.3 Å². The van der Waals surface area contributed by atoms with E-state index >= 15 is 0 Å². The molecule has 0 aliphatic carbocycles. The maximum Gasteiger partial charge on any atom is 0.261 e. The van der Waals surface area contributed by atoms with Crippen molar-refractivity contribution in [3.05, 3.63) is 56.4 Å². The molecule has 2 aromatic heterocycles. The molecule has 0 aliphatic heterocycles. The highest BCUT2D eigenvalue weighted by Crippen LogP contribution is 2.27. The van der Waals surface area contributed by atoms with Crippen LogP contribution >= 0.6 is 11.3 Å². The molecule has 0 spiro atoms. The Balaban J connectivity index is 1.81. The molecule has 0 aliphatic rings. The van der Waals surface area contributed by atoms with Crippen molar-refractivity contribution in [3.8, 4) is 0 Å². The van der Waals surface area contributed by atoms with Gasteiger partial charge in [-0.2, -0.15) is 0 Å². The Hall–Kier alpha value is -2.60. The molecule has 0 atom stereocenters. The molecule has 4 N–H and O–H groups in total. The van der Waals surface area contributed by atoms with Gasteiger partial charge >= 0.3 is 0 Å². The number of benzene rings is 1. The number of hydrogen-bond acceptors (Lipinski definition) is 7. The van der Waals surface area contributed by atoms with Crippen molar-refractivity contribution in [2.45, 2.75) is 24.9 Å². The van der Waals surface area contributed by atoms with Crippen LogP contribution in [0.25, 0.3) is 10.2 Å². The van der Waals surface area contributed by atoms with Crippen LogP contribution in [-0.2, 0) is 23.1 Å². The number of nitrogens with two attached hydrogens (primary N) is 1. The number of hydrogen-bond donors (Lipinski definition) is 3. The van der Waals surface area contributed by atoms with E-state index < -0.39 is 10.0 Å².